The second kappa shape index (κ2) is 5.87. The summed E-state index contributed by atoms with van der Waals surface area (Å²) in [6.45, 7) is 0. The van der Waals surface area contributed by atoms with Gasteiger partial charge in [0.25, 0.3) is 0 Å². The molecule has 106 valence electrons. The first-order chi connectivity index (χ1) is 10.1. The number of hydrogen-bond donors (Lipinski definition) is 1. The molecule has 0 bridgehead atoms. The molecule has 1 aromatic heterocycles. The van der Waals surface area contributed by atoms with Gasteiger partial charge in [0.1, 0.15) is 5.75 Å². The minimum Gasteiger partial charge on any atom is -0.508 e. The van der Waals surface area contributed by atoms with Crippen molar-refractivity contribution >= 4 is 27.5 Å². The Morgan fingerprint density at radius 1 is 1.14 bits per heavy atom. The molecule has 1 N–H and O–H groups in total. The highest BCUT2D eigenvalue weighted by molar-refractivity contribution is 9.10. The first-order valence-electron chi connectivity index (χ1n) is 6.18. The molecule has 0 unspecified atom stereocenters. The van der Waals surface area contributed by atoms with Crippen molar-refractivity contribution < 1.29 is 9.63 Å². The maximum absolute atomic E-state index is 9.26. The van der Waals surface area contributed by atoms with Gasteiger partial charge in [0.05, 0.1) is 11.4 Å². The Kier molecular flexibility index (Phi) is 3.94. The van der Waals surface area contributed by atoms with E-state index in [0.29, 0.717) is 23.2 Å². The molecule has 0 atom stereocenters. The van der Waals surface area contributed by atoms with E-state index in [9.17, 15) is 5.11 Å². The molecule has 2 aromatic carbocycles. The van der Waals surface area contributed by atoms with Crippen LogP contribution in [0.5, 0.6) is 5.75 Å². The predicted octanol–water partition coefficient (Wildman–Crippen LogP) is 4.45. The zero-order valence-electron chi connectivity index (χ0n) is 10.8. The van der Waals surface area contributed by atoms with Gasteiger partial charge in [-0.3, -0.25) is 0 Å². The minimum absolute atomic E-state index is 0.232. The molecule has 0 saturated heterocycles. The quantitative estimate of drug-likeness (QED) is 0.745. The maximum atomic E-state index is 9.26. The van der Waals surface area contributed by atoms with Crippen molar-refractivity contribution in [2.24, 2.45) is 0 Å². The van der Waals surface area contributed by atoms with E-state index in [1.807, 2.05) is 24.3 Å². The van der Waals surface area contributed by atoms with E-state index in [1.54, 1.807) is 18.2 Å². The third-order valence-electron chi connectivity index (χ3n) is 2.94. The van der Waals surface area contributed by atoms with E-state index in [-0.39, 0.29) is 5.75 Å². The second-order valence-electron chi connectivity index (χ2n) is 4.48. The molecule has 0 spiro atoms. The van der Waals surface area contributed by atoms with Crippen LogP contribution in [-0.2, 0) is 6.42 Å². The minimum atomic E-state index is 0.232. The normalized spacial score (nSPS) is 10.8. The fraction of sp³-hybridized carbons (Fsp3) is 0.0667. The summed E-state index contributed by atoms with van der Waals surface area (Å²) in [5.41, 5.74) is 1.81. The average molecular weight is 366 g/mol. The fourth-order valence-corrected chi connectivity index (χ4v) is 2.36. The SMILES string of the molecule is Oc1ccc(Cc2nc(-c3ccc(Cl)c(Br)c3)no2)cc1. The second-order valence-corrected chi connectivity index (χ2v) is 5.75. The first kappa shape index (κ1) is 14.1. The Labute approximate surface area is 134 Å². The topological polar surface area (TPSA) is 59.2 Å². The summed E-state index contributed by atoms with van der Waals surface area (Å²) in [4.78, 5) is 4.36. The van der Waals surface area contributed by atoms with Gasteiger partial charge >= 0.3 is 0 Å². The maximum Gasteiger partial charge on any atom is 0.231 e. The molecule has 3 aromatic rings. The van der Waals surface area contributed by atoms with Gasteiger partial charge in [-0.1, -0.05) is 28.9 Å². The number of aromatic hydroxyl groups is 1. The Balaban J connectivity index is 1.82. The highest BCUT2D eigenvalue weighted by Gasteiger charge is 2.10. The number of phenolic OH excluding ortho intramolecular Hbond substituents is 1. The van der Waals surface area contributed by atoms with Crippen molar-refractivity contribution in [1.29, 1.82) is 0 Å². The van der Waals surface area contributed by atoms with Crippen LogP contribution in [0.15, 0.2) is 51.5 Å². The number of aromatic nitrogens is 2. The van der Waals surface area contributed by atoms with Crippen molar-refractivity contribution in [2.45, 2.75) is 6.42 Å². The summed E-state index contributed by atoms with van der Waals surface area (Å²) in [7, 11) is 0. The molecule has 4 nitrogen and oxygen atoms in total. The van der Waals surface area contributed by atoms with Gasteiger partial charge in [0, 0.05) is 10.0 Å². The molecule has 0 saturated carbocycles. The Morgan fingerprint density at radius 3 is 2.62 bits per heavy atom. The smallest absolute Gasteiger partial charge is 0.231 e. The van der Waals surface area contributed by atoms with Crippen molar-refractivity contribution in [1.82, 2.24) is 10.1 Å². The average Bonchev–Trinajstić information content (AvgIpc) is 2.93. The fourth-order valence-electron chi connectivity index (χ4n) is 1.87. The number of benzene rings is 2. The molecule has 21 heavy (non-hydrogen) atoms. The van der Waals surface area contributed by atoms with E-state index in [0.717, 1.165) is 15.6 Å². The number of hydrogen-bond acceptors (Lipinski definition) is 4. The highest BCUT2D eigenvalue weighted by atomic mass is 79.9. The summed E-state index contributed by atoms with van der Waals surface area (Å²) in [6, 6.07) is 12.3. The molecule has 0 aliphatic rings. The van der Waals surface area contributed by atoms with Crippen LogP contribution in [-0.4, -0.2) is 15.2 Å². The van der Waals surface area contributed by atoms with E-state index in [1.165, 1.54) is 0 Å². The highest BCUT2D eigenvalue weighted by Crippen LogP contribution is 2.27. The zero-order valence-corrected chi connectivity index (χ0v) is 13.1. The lowest BCUT2D eigenvalue weighted by atomic mass is 10.1. The molecule has 3 rings (SSSR count). The van der Waals surface area contributed by atoms with Gasteiger partial charge in [0.2, 0.25) is 11.7 Å². The Morgan fingerprint density at radius 2 is 1.90 bits per heavy atom. The molecular weight excluding hydrogens is 356 g/mol. The first-order valence-corrected chi connectivity index (χ1v) is 7.35. The van der Waals surface area contributed by atoms with Gasteiger partial charge in [-0.05, 0) is 51.8 Å². The largest absolute Gasteiger partial charge is 0.508 e. The van der Waals surface area contributed by atoms with Crippen LogP contribution in [0.25, 0.3) is 11.4 Å². The van der Waals surface area contributed by atoms with Gasteiger partial charge in [0.15, 0.2) is 0 Å². The molecular formula is C15H10BrClN2O2. The lowest BCUT2D eigenvalue weighted by Gasteiger charge is -1.98. The van der Waals surface area contributed by atoms with Gasteiger partial charge < -0.3 is 9.63 Å². The summed E-state index contributed by atoms with van der Waals surface area (Å²) >= 11 is 9.33. The van der Waals surface area contributed by atoms with E-state index < -0.39 is 0 Å². The van der Waals surface area contributed by atoms with E-state index >= 15 is 0 Å². The molecule has 0 radical (unpaired) electrons. The van der Waals surface area contributed by atoms with Crippen LogP contribution in [0.2, 0.25) is 5.02 Å². The van der Waals surface area contributed by atoms with Crippen molar-refractivity contribution in [3.05, 3.63) is 63.4 Å². The third-order valence-corrected chi connectivity index (χ3v) is 4.15. The monoisotopic (exact) mass is 364 g/mol. The molecule has 6 heteroatoms. The number of nitrogens with zero attached hydrogens (tertiary/aromatic N) is 2. The van der Waals surface area contributed by atoms with Crippen molar-refractivity contribution in [3.63, 3.8) is 0 Å². The van der Waals surface area contributed by atoms with Crippen LogP contribution in [0.1, 0.15) is 11.5 Å². The molecule has 0 aliphatic heterocycles. The summed E-state index contributed by atoms with van der Waals surface area (Å²) in [6.07, 6.45) is 0.516. The summed E-state index contributed by atoms with van der Waals surface area (Å²) < 4.78 is 6.04. The molecule has 0 fully saturated rings. The zero-order chi connectivity index (χ0) is 14.8. The number of rotatable bonds is 3. The van der Waals surface area contributed by atoms with Crippen LogP contribution in [0.3, 0.4) is 0 Å². The van der Waals surface area contributed by atoms with Crippen LogP contribution < -0.4 is 0 Å². The standard InChI is InChI=1S/C15H10BrClN2O2/c16-12-8-10(3-6-13(12)17)15-18-14(21-19-15)7-9-1-4-11(20)5-2-9/h1-6,8,20H,7H2. The van der Waals surface area contributed by atoms with Crippen LogP contribution in [0.4, 0.5) is 0 Å². The van der Waals surface area contributed by atoms with Gasteiger partial charge in [-0.15, -0.1) is 0 Å². The number of phenols is 1. The lowest BCUT2D eigenvalue weighted by molar-refractivity contribution is 0.385. The van der Waals surface area contributed by atoms with Gasteiger partial charge in [-0.25, -0.2) is 0 Å². The third kappa shape index (κ3) is 3.25. The van der Waals surface area contributed by atoms with Crippen LogP contribution >= 0.6 is 27.5 Å². The molecule has 1 heterocycles. The predicted molar refractivity (Wildman–Crippen MR) is 83.4 cm³/mol. The van der Waals surface area contributed by atoms with E-state index in [4.69, 9.17) is 16.1 Å². The summed E-state index contributed by atoms with van der Waals surface area (Å²) in [5.74, 6) is 1.26. The van der Waals surface area contributed by atoms with E-state index in [2.05, 4.69) is 26.1 Å². The molecule has 0 aliphatic carbocycles. The summed E-state index contributed by atoms with van der Waals surface area (Å²) in [5, 5.41) is 13.9. The molecule has 0 amide bonds. The van der Waals surface area contributed by atoms with Crippen LogP contribution in [0, 0.1) is 0 Å². The van der Waals surface area contributed by atoms with Crippen molar-refractivity contribution in [3.8, 4) is 17.1 Å². The number of halogens is 2. The van der Waals surface area contributed by atoms with Crippen molar-refractivity contribution in [2.75, 3.05) is 0 Å². The Hall–Kier alpha value is -1.85. The Bertz CT molecular complexity index is 772. The lowest BCUT2D eigenvalue weighted by Crippen LogP contribution is -1.88. The van der Waals surface area contributed by atoms with Gasteiger partial charge in [-0.2, -0.15) is 4.98 Å².